The second-order valence-corrected chi connectivity index (χ2v) is 4.78. The van der Waals surface area contributed by atoms with E-state index in [-0.39, 0.29) is 0 Å². The lowest BCUT2D eigenvalue weighted by atomic mass is 10.1. The Labute approximate surface area is 103 Å². The Balaban J connectivity index is 2.67. The first-order valence-electron chi connectivity index (χ1n) is 5.09. The van der Waals surface area contributed by atoms with E-state index in [9.17, 15) is 0 Å². The van der Waals surface area contributed by atoms with Crippen molar-refractivity contribution in [1.82, 2.24) is 9.78 Å². The lowest BCUT2D eigenvalue weighted by Crippen LogP contribution is -2.04. The maximum Gasteiger partial charge on any atom is 0.141 e. The van der Waals surface area contributed by atoms with Gasteiger partial charge in [0.1, 0.15) is 5.82 Å². The summed E-state index contributed by atoms with van der Waals surface area (Å²) in [4.78, 5) is 0. The van der Waals surface area contributed by atoms with Gasteiger partial charge in [0.25, 0.3) is 0 Å². The van der Waals surface area contributed by atoms with E-state index in [2.05, 4.69) is 53.1 Å². The Morgan fingerprint density at radius 2 is 1.94 bits per heavy atom. The highest BCUT2D eigenvalue weighted by atomic mass is 79.9. The molecule has 2 N–H and O–H groups in total. The molecule has 0 aliphatic carbocycles. The number of aryl methyl sites for hydroxylation is 3. The molecular weight excluding hydrogens is 266 g/mol. The van der Waals surface area contributed by atoms with Gasteiger partial charge in [0.05, 0.1) is 15.9 Å². The fourth-order valence-electron chi connectivity index (χ4n) is 1.66. The highest BCUT2D eigenvalue weighted by Crippen LogP contribution is 2.27. The normalized spacial score (nSPS) is 10.8. The molecule has 4 heteroatoms. The number of nitrogens with two attached hydrogens (primary N) is 1. The van der Waals surface area contributed by atoms with Crippen LogP contribution in [-0.2, 0) is 0 Å². The molecule has 16 heavy (non-hydrogen) atoms. The molecule has 0 atom stereocenters. The highest BCUT2D eigenvalue weighted by Gasteiger charge is 2.12. The van der Waals surface area contributed by atoms with Crippen molar-refractivity contribution < 1.29 is 0 Å². The third-order valence-corrected chi connectivity index (χ3v) is 3.59. The van der Waals surface area contributed by atoms with E-state index in [4.69, 9.17) is 5.73 Å². The lowest BCUT2D eigenvalue weighted by molar-refractivity contribution is 0.864. The molecule has 0 saturated carbocycles. The third kappa shape index (κ3) is 1.73. The number of benzene rings is 1. The van der Waals surface area contributed by atoms with Crippen molar-refractivity contribution >= 4 is 21.7 Å². The van der Waals surface area contributed by atoms with Crippen LogP contribution >= 0.6 is 15.9 Å². The first kappa shape index (κ1) is 11.2. The predicted molar refractivity (Wildman–Crippen MR) is 69.9 cm³/mol. The van der Waals surface area contributed by atoms with Gasteiger partial charge in [-0.25, -0.2) is 4.68 Å². The van der Waals surface area contributed by atoms with Crippen LogP contribution in [-0.4, -0.2) is 9.78 Å². The van der Waals surface area contributed by atoms with Gasteiger partial charge in [-0.1, -0.05) is 12.1 Å². The molecule has 1 aromatic heterocycles. The van der Waals surface area contributed by atoms with E-state index in [0.29, 0.717) is 5.82 Å². The van der Waals surface area contributed by atoms with Gasteiger partial charge in [-0.05, 0) is 53.9 Å². The second kappa shape index (κ2) is 3.94. The summed E-state index contributed by atoms with van der Waals surface area (Å²) in [5.41, 5.74) is 10.3. The number of anilines is 1. The molecule has 84 valence electrons. The van der Waals surface area contributed by atoms with Crippen LogP contribution in [0.15, 0.2) is 22.7 Å². The minimum Gasteiger partial charge on any atom is -0.383 e. The van der Waals surface area contributed by atoms with Crippen LogP contribution in [0, 0.1) is 20.8 Å². The van der Waals surface area contributed by atoms with Crippen molar-refractivity contribution in [2.75, 3.05) is 5.73 Å². The number of nitrogens with zero attached hydrogens (tertiary/aromatic N) is 2. The van der Waals surface area contributed by atoms with Gasteiger partial charge in [0.15, 0.2) is 0 Å². The van der Waals surface area contributed by atoms with Crippen LogP contribution in [0.1, 0.15) is 16.8 Å². The summed E-state index contributed by atoms with van der Waals surface area (Å²) in [6.45, 7) is 6.05. The molecule has 2 aromatic rings. The SMILES string of the molecule is Cc1ccc(C)c(-n2nc(C)c(Br)c2N)c1. The van der Waals surface area contributed by atoms with Gasteiger partial charge < -0.3 is 5.73 Å². The largest absolute Gasteiger partial charge is 0.383 e. The number of hydrogen-bond donors (Lipinski definition) is 1. The fourth-order valence-corrected chi connectivity index (χ4v) is 1.90. The van der Waals surface area contributed by atoms with Crippen LogP contribution < -0.4 is 5.73 Å². The topological polar surface area (TPSA) is 43.8 Å². The Kier molecular flexibility index (Phi) is 2.76. The lowest BCUT2D eigenvalue weighted by Gasteiger charge is -2.08. The van der Waals surface area contributed by atoms with Crippen molar-refractivity contribution in [2.24, 2.45) is 0 Å². The Morgan fingerprint density at radius 1 is 1.25 bits per heavy atom. The first-order valence-corrected chi connectivity index (χ1v) is 5.88. The van der Waals surface area contributed by atoms with Crippen molar-refractivity contribution in [1.29, 1.82) is 0 Å². The molecule has 0 aliphatic heterocycles. The van der Waals surface area contributed by atoms with E-state index >= 15 is 0 Å². The minimum atomic E-state index is 0.645. The van der Waals surface area contributed by atoms with Crippen molar-refractivity contribution in [3.63, 3.8) is 0 Å². The van der Waals surface area contributed by atoms with Gasteiger partial charge >= 0.3 is 0 Å². The summed E-state index contributed by atoms with van der Waals surface area (Å²) in [6.07, 6.45) is 0. The molecule has 0 bridgehead atoms. The summed E-state index contributed by atoms with van der Waals surface area (Å²) in [7, 11) is 0. The number of hydrogen-bond acceptors (Lipinski definition) is 2. The molecule has 1 heterocycles. The second-order valence-electron chi connectivity index (χ2n) is 3.99. The van der Waals surface area contributed by atoms with Crippen molar-refractivity contribution in [3.05, 3.63) is 39.5 Å². The summed E-state index contributed by atoms with van der Waals surface area (Å²) >= 11 is 3.43. The molecule has 0 unspecified atom stereocenters. The molecule has 0 aliphatic rings. The van der Waals surface area contributed by atoms with Crippen molar-refractivity contribution in [3.8, 4) is 5.69 Å². The van der Waals surface area contributed by atoms with Crippen LogP contribution in [0.2, 0.25) is 0 Å². The van der Waals surface area contributed by atoms with E-state index in [1.54, 1.807) is 4.68 Å². The summed E-state index contributed by atoms with van der Waals surface area (Å²) in [5, 5.41) is 4.43. The van der Waals surface area contributed by atoms with E-state index in [1.807, 2.05) is 6.92 Å². The average molecular weight is 280 g/mol. The molecular formula is C12H14BrN3. The van der Waals surface area contributed by atoms with Crippen LogP contribution in [0.5, 0.6) is 0 Å². The summed E-state index contributed by atoms with van der Waals surface area (Å²) in [5.74, 6) is 0.645. The molecule has 0 fully saturated rings. The van der Waals surface area contributed by atoms with Gasteiger partial charge in [-0.2, -0.15) is 5.10 Å². The molecule has 3 nitrogen and oxygen atoms in total. The number of aromatic nitrogens is 2. The van der Waals surface area contributed by atoms with Gasteiger partial charge in [-0.3, -0.25) is 0 Å². The highest BCUT2D eigenvalue weighted by molar-refractivity contribution is 9.10. The van der Waals surface area contributed by atoms with Gasteiger partial charge in [0.2, 0.25) is 0 Å². The van der Waals surface area contributed by atoms with E-state index in [0.717, 1.165) is 21.4 Å². The predicted octanol–water partition coefficient (Wildman–Crippen LogP) is 3.14. The smallest absolute Gasteiger partial charge is 0.141 e. The quantitative estimate of drug-likeness (QED) is 0.872. The van der Waals surface area contributed by atoms with Gasteiger partial charge in [0, 0.05) is 0 Å². The summed E-state index contributed by atoms with van der Waals surface area (Å²) in [6, 6.07) is 6.25. The Morgan fingerprint density at radius 3 is 2.50 bits per heavy atom. The monoisotopic (exact) mass is 279 g/mol. The average Bonchev–Trinajstić information content (AvgIpc) is 2.50. The molecule has 0 radical (unpaired) electrons. The zero-order chi connectivity index (χ0) is 11.9. The number of rotatable bonds is 1. The third-order valence-electron chi connectivity index (χ3n) is 2.61. The first-order chi connectivity index (χ1) is 7.50. The van der Waals surface area contributed by atoms with Crippen LogP contribution in [0.3, 0.4) is 0 Å². The minimum absolute atomic E-state index is 0.645. The maximum atomic E-state index is 6.01. The van der Waals surface area contributed by atoms with Crippen LogP contribution in [0.4, 0.5) is 5.82 Å². The van der Waals surface area contributed by atoms with E-state index in [1.165, 1.54) is 5.56 Å². The summed E-state index contributed by atoms with van der Waals surface area (Å²) < 4.78 is 2.65. The molecule has 0 amide bonds. The Hall–Kier alpha value is -1.29. The number of halogens is 1. The number of nitrogen functional groups attached to an aromatic ring is 1. The molecule has 0 saturated heterocycles. The van der Waals surface area contributed by atoms with Gasteiger partial charge in [-0.15, -0.1) is 0 Å². The zero-order valence-corrected chi connectivity index (χ0v) is 11.2. The molecule has 0 spiro atoms. The Bertz CT molecular complexity index is 543. The standard InChI is InChI=1S/C12H14BrN3/c1-7-4-5-8(2)10(6-7)16-12(14)11(13)9(3)15-16/h4-6H,14H2,1-3H3. The molecule has 1 aromatic carbocycles. The fraction of sp³-hybridized carbons (Fsp3) is 0.250. The molecule has 2 rings (SSSR count). The zero-order valence-electron chi connectivity index (χ0n) is 9.58. The van der Waals surface area contributed by atoms with Crippen molar-refractivity contribution in [2.45, 2.75) is 20.8 Å². The van der Waals surface area contributed by atoms with E-state index < -0.39 is 0 Å². The maximum absolute atomic E-state index is 6.01. The van der Waals surface area contributed by atoms with Crippen LogP contribution in [0.25, 0.3) is 5.69 Å².